The summed E-state index contributed by atoms with van der Waals surface area (Å²) >= 11 is 0. The number of benzene rings is 9. The van der Waals surface area contributed by atoms with Crippen molar-refractivity contribution < 1.29 is 0 Å². The third kappa shape index (κ3) is 6.64. The van der Waals surface area contributed by atoms with Crippen LogP contribution in [0.1, 0.15) is 17.7 Å². The first-order valence-corrected chi connectivity index (χ1v) is 23.2. The Balaban J connectivity index is 0.881. The summed E-state index contributed by atoms with van der Waals surface area (Å²) in [4.78, 5) is 7.12. The number of rotatable bonds is 8. The molecule has 0 saturated heterocycles. The zero-order chi connectivity index (χ0) is 44.3. The molecule has 13 rings (SSSR count). The van der Waals surface area contributed by atoms with Gasteiger partial charge in [0.2, 0.25) is 0 Å². The maximum absolute atomic E-state index is 4.77. The average molecular weight is 857 g/mol. The van der Waals surface area contributed by atoms with Crippen LogP contribution in [0.4, 0.5) is 17.1 Å². The summed E-state index contributed by atoms with van der Waals surface area (Å²) in [5.74, 6) is 0. The molecule has 316 valence electrons. The van der Waals surface area contributed by atoms with Crippen LogP contribution in [-0.2, 0) is 6.42 Å². The van der Waals surface area contributed by atoms with Crippen molar-refractivity contribution in [3.05, 3.63) is 248 Å². The second kappa shape index (κ2) is 16.1. The zero-order valence-electron chi connectivity index (χ0n) is 36.8. The molecule has 0 bridgehead atoms. The summed E-state index contributed by atoms with van der Waals surface area (Å²) < 4.78 is 4.91. The van der Waals surface area contributed by atoms with E-state index in [1.54, 1.807) is 0 Å². The lowest BCUT2D eigenvalue weighted by Crippen LogP contribution is -2.10. The lowest BCUT2D eigenvalue weighted by molar-refractivity contribution is 0.967. The predicted octanol–water partition coefficient (Wildman–Crippen LogP) is 16.7. The quantitative estimate of drug-likeness (QED) is 0.152. The second-order valence-electron chi connectivity index (χ2n) is 17.5. The van der Waals surface area contributed by atoms with Gasteiger partial charge in [-0.05, 0) is 125 Å². The fourth-order valence-electron chi connectivity index (χ4n) is 10.5. The van der Waals surface area contributed by atoms with Crippen molar-refractivity contribution in [2.75, 3.05) is 4.90 Å². The van der Waals surface area contributed by atoms with Crippen molar-refractivity contribution in [1.29, 1.82) is 0 Å². The molecule has 3 heterocycles. The zero-order valence-corrected chi connectivity index (χ0v) is 36.8. The number of aryl methyl sites for hydroxylation is 1. The summed E-state index contributed by atoms with van der Waals surface area (Å²) in [5.41, 5.74) is 18.7. The average Bonchev–Trinajstić information content (AvgIpc) is 3.93. The number of allylic oxidation sites excluding steroid dienone is 1. The van der Waals surface area contributed by atoms with Gasteiger partial charge in [-0.25, -0.2) is 0 Å². The standard InChI is InChI=1S/C63H44N4/c1-2-17-50(18-3-1)65(59-28-14-16-46-15-4-5-19-54(46)59)51-35-33-45(34-36-51)49-37-48(41-64-42-49)44-31-29-43(30-32-44)47-38-52(66-60-24-10-6-20-55(60)56-21-7-11-25-61(56)66)40-53(39-47)67-62-26-12-8-22-57(62)58-23-9-13-27-63(58)67/h1-8,10-22,24-42H,9,23H2. The van der Waals surface area contributed by atoms with Gasteiger partial charge in [-0.2, -0.15) is 0 Å². The first-order valence-electron chi connectivity index (χ1n) is 23.2. The molecule has 4 nitrogen and oxygen atoms in total. The molecule has 3 aromatic heterocycles. The van der Waals surface area contributed by atoms with Gasteiger partial charge in [0.1, 0.15) is 0 Å². The van der Waals surface area contributed by atoms with E-state index in [2.05, 4.69) is 245 Å². The number of fused-ring (bicyclic) bond motifs is 7. The SMILES string of the molecule is C1=Cc2c(c3ccccc3n2-c2cc(-c3ccc(-c4cncc(-c5ccc(N(c6ccccc6)c6cccc7ccccc67)cc5)c4)cc3)cc(-n3c4ccccc4c4ccccc43)c2)CC1. The van der Waals surface area contributed by atoms with E-state index in [1.165, 1.54) is 54.7 Å². The third-order valence-electron chi connectivity index (χ3n) is 13.6. The van der Waals surface area contributed by atoms with Gasteiger partial charge < -0.3 is 14.0 Å². The molecule has 0 saturated carbocycles. The summed E-state index contributed by atoms with van der Waals surface area (Å²) in [6, 6.07) is 79.4. The summed E-state index contributed by atoms with van der Waals surface area (Å²) in [6.07, 6.45) is 10.7. The molecule has 67 heavy (non-hydrogen) atoms. The molecule has 0 aliphatic heterocycles. The van der Waals surface area contributed by atoms with Crippen molar-refractivity contribution in [2.45, 2.75) is 12.8 Å². The summed E-state index contributed by atoms with van der Waals surface area (Å²) in [6.45, 7) is 0. The van der Waals surface area contributed by atoms with Crippen LogP contribution in [-0.4, -0.2) is 14.1 Å². The van der Waals surface area contributed by atoms with Crippen LogP contribution in [0, 0.1) is 0 Å². The van der Waals surface area contributed by atoms with Crippen molar-refractivity contribution in [1.82, 2.24) is 14.1 Å². The largest absolute Gasteiger partial charge is 0.310 e. The molecule has 0 atom stereocenters. The molecular formula is C63H44N4. The van der Waals surface area contributed by atoms with Crippen molar-refractivity contribution in [3.63, 3.8) is 0 Å². The predicted molar refractivity (Wildman–Crippen MR) is 281 cm³/mol. The Hall–Kier alpha value is -8.73. The Morgan fingerprint density at radius 1 is 0.388 bits per heavy atom. The Kier molecular flexibility index (Phi) is 9.28. The maximum atomic E-state index is 4.77. The smallest absolute Gasteiger partial charge is 0.0541 e. The van der Waals surface area contributed by atoms with E-state index in [-0.39, 0.29) is 0 Å². The molecule has 0 N–H and O–H groups in total. The van der Waals surface area contributed by atoms with E-state index in [0.717, 1.165) is 74.7 Å². The topological polar surface area (TPSA) is 26.0 Å². The minimum absolute atomic E-state index is 1.04. The summed E-state index contributed by atoms with van der Waals surface area (Å²) in [5, 5.41) is 6.26. The minimum atomic E-state index is 1.04. The van der Waals surface area contributed by atoms with E-state index >= 15 is 0 Å². The number of hydrogen-bond acceptors (Lipinski definition) is 2. The molecule has 1 aliphatic rings. The Labute approximate surface area is 389 Å². The van der Waals surface area contributed by atoms with Crippen LogP contribution in [0.25, 0.3) is 94.3 Å². The number of anilines is 3. The first kappa shape index (κ1) is 38.7. The van der Waals surface area contributed by atoms with Crippen LogP contribution in [0.3, 0.4) is 0 Å². The molecule has 12 aromatic rings. The van der Waals surface area contributed by atoms with E-state index in [1.807, 2.05) is 12.4 Å². The normalized spacial score (nSPS) is 12.3. The van der Waals surface area contributed by atoms with Crippen LogP contribution in [0.2, 0.25) is 0 Å². The molecule has 4 heteroatoms. The molecule has 0 unspecified atom stereocenters. The van der Waals surface area contributed by atoms with E-state index in [4.69, 9.17) is 4.98 Å². The van der Waals surface area contributed by atoms with E-state index in [9.17, 15) is 0 Å². The van der Waals surface area contributed by atoms with Crippen LogP contribution in [0.15, 0.2) is 237 Å². The van der Waals surface area contributed by atoms with Gasteiger partial charge >= 0.3 is 0 Å². The molecule has 1 aliphatic carbocycles. The van der Waals surface area contributed by atoms with Gasteiger partial charge in [-0.3, -0.25) is 4.98 Å². The molecule has 9 aromatic carbocycles. The second-order valence-corrected chi connectivity index (χ2v) is 17.5. The van der Waals surface area contributed by atoms with Gasteiger partial charge in [0.25, 0.3) is 0 Å². The van der Waals surface area contributed by atoms with Gasteiger partial charge in [0.15, 0.2) is 0 Å². The molecule has 0 radical (unpaired) electrons. The van der Waals surface area contributed by atoms with E-state index in [0.29, 0.717) is 0 Å². The summed E-state index contributed by atoms with van der Waals surface area (Å²) in [7, 11) is 0. The molecule has 0 spiro atoms. The minimum Gasteiger partial charge on any atom is -0.310 e. The van der Waals surface area contributed by atoms with Crippen LogP contribution >= 0.6 is 0 Å². The van der Waals surface area contributed by atoms with Gasteiger partial charge in [-0.15, -0.1) is 0 Å². The Bertz CT molecular complexity index is 3800. The van der Waals surface area contributed by atoms with Crippen molar-refractivity contribution in [3.8, 4) is 44.8 Å². The first-order chi connectivity index (χ1) is 33.2. The van der Waals surface area contributed by atoms with Crippen LogP contribution < -0.4 is 4.90 Å². The third-order valence-corrected chi connectivity index (χ3v) is 13.6. The van der Waals surface area contributed by atoms with Gasteiger partial charge in [0, 0.05) is 73.5 Å². The molecule has 0 fully saturated rings. The van der Waals surface area contributed by atoms with Gasteiger partial charge in [-0.1, -0.05) is 152 Å². The van der Waals surface area contributed by atoms with Crippen LogP contribution in [0.5, 0.6) is 0 Å². The number of aromatic nitrogens is 3. The monoisotopic (exact) mass is 856 g/mol. The van der Waals surface area contributed by atoms with Crippen molar-refractivity contribution in [2.24, 2.45) is 0 Å². The van der Waals surface area contributed by atoms with Gasteiger partial charge in [0.05, 0.1) is 22.2 Å². The lowest BCUT2D eigenvalue weighted by Gasteiger charge is -2.27. The highest BCUT2D eigenvalue weighted by Crippen LogP contribution is 2.41. The maximum Gasteiger partial charge on any atom is 0.0541 e. The molecule has 0 amide bonds. The molecular weight excluding hydrogens is 813 g/mol. The number of nitrogens with zero attached hydrogens (tertiary/aromatic N) is 4. The fraction of sp³-hybridized carbons (Fsp3) is 0.0317. The highest BCUT2D eigenvalue weighted by molar-refractivity contribution is 6.09. The lowest BCUT2D eigenvalue weighted by atomic mass is 9.98. The Morgan fingerprint density at radius 2 is 0.910 bits per heavy atom. The van der Waals surface area contributed by atoms with Crippen molar-refractivity contribution >= 4 is 66.6 Å². The highest BCUT2D eigenvalue weighted by Gasteiger charge is 2.21. The Morgan fingerprint density at radius 3 is 1.60 bits per heavy atom. The van der Waals surface area contributed by atoms with E-state index < -0.39 is 0 Å². The highest BCUT2D eigenvalue weighted by atomic mass is 15.1. The number of pyridine rings is 1. The number of hydrogen-bond donors (Lipinski definition) is 0. The number of para-hydroxylation sites is 4. The fourth-order valence-corrected chi connectivity index (χ4v) is 10.5.